The molecule has 4 N–H and O–H groups in total. The molecule has 0 amide bonds. The molecule has 0 saturated heterocycles. The van der Waals surface area contributed by atoms with Gasteiger partial charge in [0.1, 0.15) is 17.1 Å². The Morgan fingerprint density at radius 1 is 1.15 bits per heavy atom. The summed E-state index contributed by atoms with van der Waals surface area (Å²) >= 11 is 1.23. The van der Waals surface area contributed by atoms with Crippen LogP contribution in [0.2, 0.25) is 0 Å². The van der Waals surface area contributed by atoms with Crippen LogP contribution in [0.4, 0.5) is 5.69 Å². The van der Waals surface area contributed by atoms with E-state index in [-0.39, 0.29) is 5.46 Å². The third-order valence-corrected chi connectivity index (χ3v) is 4.92. The predicted octanol–water partition coefficient (Wildman–Crippen LogP) is 1.09. The molecule has 0 aliphatic rings. The minimum Gasteiger partial charge on any atom is -0.497 e. The van der Waals surface area contributed by atoms with Gasteiger partial charge in [-0.3, -0.25) is 0 Å². The maximum absolute atomic E-state index is 9.75. The number of anilines is 1. The summed E-state index contributed by atoms with van der Waals surface area (Å²) in [6.07, 6.45) is 2.97. The van der Waals surface area contributed by atoms with Crippen molar-refractivity contribution in [1.82, 2.24) is 19.6 Å². The number of hydrogen-bond acceptors (Lipinski definition) is 9. The van der Waals surface area contributed by atoms with E-state index in [0.717, 1.165) is 22.1 Å². The number of nitrogen functional groups attached to an aromatic ring is 1. The molecular weight excluding hydrogens is 365 g/mol. The fraction of sp³-hybridized carbons (Fsp3) is 0.0588. The third-order valence-electron chi connectivity index (χ3n) is 4.22. The molecule has 10 heteroatoms. The molecule has 4 aromatic rings. The first-order valence-corrected chi connectivity index (χ1v) is 8.72. The van der Waals surface area contributed by atoms with Crippen molar-refractivity contribution < 1.29 is 14.8 Å². The Labute approximate surface area is 158 Å². The fourth-order valence-corrected chi connectivity index (χ4v) is 3.49. The van der Waals surface area contributed by atoms with Gasteiger partial charge in [0.05, 0.1) is 24.5 Å². The monoisotopic (exact) mass is 379 g/mol. The van der Waals surface area contributed by atoms with E-state index in [4.69, 9.17) is 10.5 Å². The number of fused-ring (bicyclic) bond motifs is 1. The first kappa shape index (κ1) is 17.3. The zero-order chi connectivity index (χ0) is 19.0. The zero-order valence-electron chi connectivity index (χ0n) is 14.2. The maximum atomic E-state index is 9.75. The van der Waals surface area contributed by atoms with E-state index in [2.05, 4.69) is 19.6 Å². The first-order valence-electron chi connectivity index (χ1n) is 7.95. The van der Waals surface area contributed by atoms with Crippen LogP contribution in [0.1, 0.15) is 0 Å². The van der Waals surface area contributed by atoms with Gasteiger partial charge in [-0.2, -0.15) is 14.6 Å². The van der Waals surface area contributed by atoms with Crippen molar-refractivity contribution in [2.45, 2.75) is 0 Å². The standard InChI is InChI=1S/C17H14BN5O3S/c1-26-16-6-12(17-20-8-22-27-17)11(5-13(16)18(24)25)9-2-3-10-14(19)7-21-23-15(10)4-9/h2-8,24-25H,1H3,(H2,19,23). The molecule has 27 heavy (non-hydrogen) atoms. The van der Waals surface area contributed by atoms with Crippen LogP contribution in [-0.2, 0) is 0 Å². The number of hydrogen-bond donors (Lipinski definition) is 3. The van der Waals surface area contributed by atoms with Crippen LogP contribution in [0.25, 0.3) is 32.6 Å². The Kier molecular flexibility index (Phi) is 4.44. The smallest absolute Gasteiger partial charge is 0.492 e. The second-order valence-corrected chi connectivity index (χ2v) is 6.57. The summed E-state index contributed by atoms with van der Waals surface area (Å²) < 4.78 is 9.38. The Morgan fingerprint density at radius 3 is 2.70 bits per heavy atom. The average Bonchev–Trinajstić information content (AvgIpc) is 3.21. The highest BCUT2D eigenvalue weighted by atomic mass is 32.1. The van der Waals surface area contributed by atoms with Gasteiger partial charge in [0.25, 0.3) is 0 Å². The second kappa shape index (κ2) is 6.91. The van der Waals surface area contributed by atoms with Crippen molar-refractivity contribution >= 4 is 40.7 Å². The van der Waals surface area contributed by atoms with Crippen molar-refractivity contribution in [1.29, 1.82) is 0 Å². The number of benzene rings is 2. The molecule has 2 heterocycles. The van der Waals surface area contributed by atoms with Crippen LogP contribution in [0, 0.1) is 0 Å². The summed E-state index contributed by atoms with van der Waals surface area (Å²) in [4.78, 5) is 4.28. The normalized spacial score (nSPS) is 10.9. The lowest BCUT2D eigenvalue weighted by Crippen LogP contribution is -2.31. The van der Waals surface area contributed by atoms with Crippen molar-refractivity contribution in [2.24, 2.45) is 0 Å². The average molecular weight is 379 g/mol. The van der Waals surface area contributed by atoms with Crippen LogP contribution in [0.15, 0.2) is 42.9 Å². The van der Waals surface area contributed by atoms with Crippen LogP contribution in [0.3, 0.4) is 0 Å². The Bertz CT molecular complexity index is 1120. The molecule has 4 rings (SSSR count). The Morgan fingerprint density at radius 2 is 2.00 bits per heavy atom. The van der Waals surface area contributed by atoms with Gasteiger partial charge in [-0.05, 0) is 40.9 Å². The topological polar surface area (TPSA) is 127 Å². The zero-order valence-corrected chi connectivity index (χ0v) is 15.0. The number of methoxy groups -OCH3 is 1. The Balaban J connectivity index is 1.99. The van der Waals surface area contributed by atoms with Crippen LogP contribution in [0.5, 0.6) is 5.75 Å². The van der Waals surface area contributed by atoms with Gasteiger partial charge < -0.3 is 20.5 Å². The Hall–Kier alpha value is -3.08. The molecule has 0 radical (unpaired) electrons. The van der Waals surface area contributed by atoms with E-state index in [0.29, 0.717) is 22.0 Å². The van der Waals surface area contributed by atoms with Crippen molar-refractivity contribution in [2.75, 3.05) is 12.8 Å². The van der Waals surface area contributed by atoms with Crippen molar-refractivity contribution in [3.05, 3.63) is 42.9 Å². The van der Waals surface area contributed by atoms with Gasteiger partial charge in [0.15, 0.2) is 0 Å². The fourth-order valence-electron chi connectivity index (χ4n) is 2.93. The second-order valence-electron chi connectivity index (χ2n) is 5.79. The molecule has 2 aromatic carbocycles. The lowest BCUT2D eigenvalue weighted by atomic mass is 9.77. The lowest BCUT2D eigenvalue weighted by Gasteiger charge is -2.15. The van der Waals surface area contributed by atoms with Crippen LogP contribution >= 0.6 is 11.5 Å². The maximum Gasteiger partial charge on any atom is 0.492 e. The molecule has 0 bridgehead atoms. The summed E-state index contributed by atoms with van der Waals surface area (Å²) in [6.45, 7) is 0. The molecule has 0 spiro atoms. The molecule has 2 aromatic heterocycles. The van der Waals surface area contributed by atoms with Gasteiger partial charge in [-0.25, -0.2) is 4.98 Å². The highest BCUT2D eigenvalue weighted by Gasteiger charge is 2.22. The van der Waals surface area contributed by atoms with Gasteiger partial charge in [-0.1, -0.05) is 12.1 Å². The van der Waals surface area contributed by atoms with Gasteiger partial charge in [-0.15, -0.1) is 0 Å². The van der Waals surface area contributed by atoms with Crippen LogP contribution < -0.4 is 15.9 Å². The van der Waals surface area contributed by atoms with Gasteiger partial charge in [0, 0.05) is 16.4 Å². The largest absolute Gasteiger partial charge is 0.497 e. The number of ether oxygens (including phenoxy) is 1. The van der Waals surface area contributed by atoms with E-state index in [1.165, 1.54) is 31.2 Å². The van der Waals surface area contributed by atoms with Crippen molar-refractivity contribution in [3.63, 3.8) is 0 Å². The molecule has 0 atom stereocenters. The minimum absolute atomic E-state index is 0.250. The summed E-state index contributed by atoms with van der Waals surface area (Å²) in [5, 5.41) is 29.0. The number of aromatic nitrogens is 4. The highest BCUT2D eigenvalue weighted by molar-refractivity contribution is 7.09. The number of nitrogens with two attached hydrogens (primary N) is 1. The number of rotatable bonds is 4. The molecule has 0 fully saturated rings. The SMILES string of the molecule is COc1cc(-c2ncns2)c(-c2ccc3c(N)cnnc3c2)cc1B(O)O. The summed E-state index contributed by atoms with van der Waals surface area (Å²) in [5.74, 6) is 0.351. The molecular formula is C17H14BN5O3S. The molecule has 0 aliphatic carbocycles. The van der Waals surface area contributed by atoms with E-state index >= 15 is 0 Å². The van der Waals surface area contributed by atoms with Gasteiger partial charge in [0.2, 0.25) is 0 Å². The molecule has 8 nitrogen and oxygen atoms in total. The van der Waals surface area contributed by atoms with Crippen LogP contribution in [-0.4, -0.2) is 43.8 Å². The quantitative estimate of drug-likeness (QED) is 0.450. The molecule has 0 saturated carbocycles. The van der Waals surface area contributed by atoms with E-state index in [1.54, 1.807) is 12.1 Å². The number of nitrogens with zero attached hydrogens (tertiary/aromatic N) is 4. The molecule has 134 valence electrons. The van der Waals surface area contributed by atoms with E-state index in [9.17, 15) is 10.0 Å². The highest BCUT2D eigenvalue weighted by Crippen LogP contribution is 2.36. The molecule has 0 unspecified atom stereocenters. The van der Waals surface area contributed by atoms with Crippen molar-refractivity contribution in [3.8, 4) is 27.4 Å². The third kappa shape index (κ3) is 3.10. The van der Waals surface area contributed by atoms with E-state index in [1.807, 2.05) is 18.2 Å². The summed E-state index contributed by atoms with van der Waals surface area (Å²) in [6, 6.07) is 8.98. The van der Waals surface area contributed by atoms with E-state index < -0.39 is 7.12 Å². The summed E-state index contributed by atoms with van der Waals surface area (Å²) in [7, 11) is -0.211. The minimum atomic E-state index is -1.68. The first-order chi connectivity index (χ1) is 13.1. The molecule has 0 aliphatic heterocycles. The summed E-state index contributed by atoms with van der Waals surface area (Å²) in [5.41, 5.74) is 9.68. The lowest BCUT2D eigenvalue weighted by molar-refractivity contribution is 0.403. The predicted molar refractivity (Wildman–Crippen MR) is 105 cm³/mol. The van der Waals surface area contributed by atoms with Gasteiger partial charge >= 0.3 is 7.12 Å².